The smallest absolute Gasteiger partial charge is 0.127 e. The molecule has 0 bridgehead atoms. The second kappa shape index (κ2) is 7.24. The van der Waals surface area contributed by atoms with Gasteiger partial charge in [-0.25, -0.2) is 0 Å². The second-order valence-corrected chi connectivity index (χ2v) is 8.14. The van der Waals surface area contributed by atoms with Crippen molar-refractivity contribution in [2.45, 2.75) is 24.0 Å². The first-order valence-electron chi connectivity index (χ1n) is 10.3. The zero-order chi connectivity index (χ0) is 20.6. The van der Waals surface area contributed by atoms with Crippen LogP contribution in [0.15, 0.2) is 109 Å². The summed E-state index contributed by atoms with van der Waals surface area (Å²) >= 11 is 0. The van der Waals surface area contributed by atoms with Crippen LogP contribution in [-0.4, -0.2) is 10.2 Å². The molecule has 2 N–H and O–H groups in total. The van der Waals surface area contributed by atoms with E-state index < -0.39 is 11.2 Å². The molecular weight excluding hydrogens is 368 g/mol. The standard InChI is InChI=1S/C28H24O2/c29-27(19-21-11-3-1-4-12-21)25-17-9-7-15-23(25)24-16-8-10-18-26(24)28(27,30)20-22-13-5-2-6-14-22/h1-18,29-30H,19-20H2/t27-,28+. The summed E-state index contributed by atoms with van der Waals surface area (Å²) in [6.45, 7) is 0. The number of benzene rings is 4. The van der Waals surface area contributed by atoms with Crippen LogP contribution >= 0.6 is 0 Å². The molecule has 0 heterocycles. The minimum atomic E-state index is -1.48. The van der Waals surface area contributed by atoms with Gasteiger partial charge >= 0.3 is 0 Å². The maximum absolute atomic E-state index is 12.4. The van der Waals surface area contributed by atoms with Gasteiger partial charge in [-0.1, -0.05) is 109 Å². The Hall–Kier alpha value is -3.20. The van der Waals surface area contributed by atoms with Crippen LogP contribution in [-0.2, 0) is 24.0 Å². The lowest BCUT2D eigenvalue weighted by Crippen LogP contribution is -2.54. The van der Waals surface area contributed by atoms with Crippen molar-refractivity contribution >= 4 is 0 Å². The Balaban J connectivity index is 1.76. The average Bonchev–Trinajstić information content (AvgIpc) is 2.79. The lowest BCUT2D eigenvalue weighted by Gasteiger charge is -2.49. The average molecular weight is 392 g/mol. The third-order valence-corrected chi connectivity index (χ3v) is 6.33. The summed E-state index contributed by atoms with van der Waals surface area (Å²) < 4.78 is 0. The first-order chi connectivity index (χ1) is 14.6. The molecule has 0 aromatic heterocycles. The van der Waals surface area contributed by atoms with Gasteiger partial charge in [0.2, 0.25) is 0 Å². The molecule has 0 amide bonds. The van der Waals surface area contributed by atoms with Crippen molar-refractivity contribution in [1.29, 1.82) is 0 Å². The Morgan fingerprint density at radius 3 is 1.17 bits per heavy atom. The van der Waals surface area contributed by atoms with Gasteiger partial charge in [0.1, 0.15) is 11.2 Å². The number of hydrogen-bond acceptors (Lipinski definition) is 2. The summed E-state index contributed by atoms with van der Waals surface area (Å²) in [4.78, 5) is 0. The minimum absolute atomic E-state index is 0.322. The molecule has 1 aliphatic carbocycles. The summed E-state index contributed by atoms with van der Waals surface area (Å²) in [6, 6.07) is 35.6. The van der Waals surface area contributed by atoms with E-state index in [0.29, 0.717) is 12.8 Å². The Morgan fingerprint density at radius 1 is 0.433 bits per heavy atom. The Kier molecular flexibility index (Phi) is 4.54. The lowest BCUT2D eigenvalue weighted by molar-refractivity contribution is -0.166. The van der Waals surface area contributed by atoms with Crippen molar-refractivity contribution < 1.29 is 10.2 Å². The first-order valence-corrected chi connectivity index (χ1v) is 10.3. The molecule has 0 radical (unpaired) electrons. The van der Waals surface area contributed by atoms with Crippen LogP contribution in [0.2, 0.25) is 0 Å². The third-order valence-electron chi connectivity index (χ3n) is 6.33. The summed E-state index contributed by atoms with van der Waals surface area (Å²) in [7, 11) is 0. The maximum atomic E-state index is 12.4. The molecule has 0 unspecified atom stereocenters. The highest BCUT2D eigenvalue weighted by Crippen LogP contribution is 2.54. The molecule has 0 spiro atoms. The van der Waals surface area contributed by atoms with E-state index in [2.05, 4.69) is 0 Å². The fourth-order valence-electron chi connectivity index (χ4n) is 4.87. The quantitative estimate of drug-likeness (QED) is 0.499. The minimum Gasteiger partial charge on any atom is -0.381 e. The highest BCUT2D eigenvalue weighted by Gasteiger charge is 2.55. The van der Waals surface area contributed by atoms with Crippen LogP contribution in [0.25, 0.3) is 11.1 Å². The van der Waals surface area contributed by atoms with Crippen LogP contribution in [0, 0.1) is 0 Å². The van der Waals surface area contributed by atoms with Crippen molar-refractivity contribution in [2.24, 2.45) is 0 Å². The molecule has 1 aliphatic rings. The predicted octanol–water partition coefficient (Wildman–Crippen LogP) is 5.23. The van der Waals surface area contributed by atoms with E-state index in [1.165, 1.54) is 0 Å². The van der Waals surface area contributed by atoms with Crippen LogP contribution in [0.4, 0.5) is 0 Å². The van der Waals surface area contributed by atoms with Crippen LogP contribution < -0.4 is 0 Å². The van der Waals surface area contributed by atoms with Crippen molar-refractivity contribution in [2.75, 3.05) is 0 Å². The molecule has 4 aromatic rings. The molecule has 2 atom stereocenters. The molecule has 0 saturated heterocycles. The van der Waals surface area contributed by atoms with Gasteiger partial charge in [-0.3, -0.25) is 0 Å². The van der Waals surface area contributed by atoms with Gasteiger partial charge in [0, 0.05) is 12.8 Å². The fraction of sp³-hybridized carbons (Fsp3) is 0.143. The Morgan fingerprint density at radius 2 is 0.767 bits per heavy atom. The predicted molar refractivity (Wildman–Crippen MR) is 120 cm³/mol. The highest BCUT2D eigenvalue weighted by atomic mass is 16.4. The van der Waals surface area contributed by atoms with Crippen LogP contribution in [0.3, 0.4) is 0 Å². The van der Waals surface area contributed by atoms with E-state index in [4.69, 9.17) is 0 Å². The summed E-state index contributed by atoms with van der Waals surface area (Å²) in [5.74, 6) is 0. The number of aliphatic hydroxyl groups is 2. The van der Waals surface area contributed by atoms with Crippen molar-refractivity contribution in [3.05, 3.63) is 131 Å². The van der Waals surface area contributed by atoms with E-state index in [-0.39, 0.29) is 0 Å². The normalized spacial score (nSPS) is 22.2. The molecule has 5 rings (SSSR count). The zero-order valence-corrected chi connectivity index (χ0v) is 16.7. The summed E-state index contributed by atoms with van der Waals surface area (Å²) in [6.07, 6.45) is 0.644. The van der Waals surface area contributed by atoms with E-state index in [0.717, 1.165) is 33.4 Å². The van der Waals surface area contributed by atoms with E-state index >= 15 is 0 Å². The molecule has 148 valence electrons. The summed E-state index contributed by atoms with van der Waals surface area (Å²) in [5.41, 5.74) is 2.51. The lowest BCUT2D eigenvalue weighted by atomic mass is 9.61. The fourth-order valence-corrected chi connectivity index (χ4v) is 4.87. The maximum Gasteiger partial charge on any atom is 0.127 e. The van der Waals surface area contributed by atoms with Gasteiger partial charge in [-0.05, 0) is 33.4 Å². The molecule has 2 nitrogen and oxygen atoms in total. The van der Waals surface area contributed by atoms with E-state index in [1.54, 1.807) is 0 Å². The van der Waals surface area contributed by atoms with Gasteiger partial charge in [-0.15, -0.1) is 0 Å². The molecule has 30 heavy (non-hydrogen) atoms. The van der Waals surface area contributed by atoms with Crippen molar-refractivity contribution in [1.82, 2.24) is 0 Å². The number of rotatable bonds is 4. The van der Waals surface area contributed by atoms with Gasteiger partial charge in [0.15, 0.2) is 0 Å². The molecule has 2 heteroatoms. The SMILES string of the molecule is O[C@]1(Cc2ccccc2)c2ccccc2-c2ccccc2[C@@]1(O)Cc1ccccc1. The van der Waals surface area contributed by atoms with Crippen molar-refractivity contribution in [3.63, 3.8) is 0 Å². The van der Waals surface area contributed by atoms with Crippen molar-refractivity contribution in [3.8, 4) is 11.1 Å². The van der Waals surface area contributed by atoms with Crippen LogP contribution in [0.5, 0.6) is 0 Å². The highest BCUT2D eigenvalue weighted by molar-refractivity contribution is 5.77. The van der Waals surface area contributed by atoms with Gasteiger partial charge in [-0.2, -0.15) is 0 Å². The topological polar surface area (TPSA) is 40.5 Å². The largest absolute Gasteiger partial charge is 0.381 e. The van der Waals surface area contributed by atoms with E-state index in [1.807, 2.05) is 109 Å². The monoisotopic (exact) mass is 392 g/mol. The Labute approximate surface area is 177 Å². The third kappa shape index (κ3) is 2.88. The second-order valence-electron chi connectivity index (χ2n) is 8.14. The molecule has 0 aliphatic heterocycles. The van der Waals surface area contributed by atoms with Crippen LogP contribution in [0.1, 0.15) is 22.3 Å². The zero-order valence-electron chi connectivity index (χ0n) is 16.7. The summed E-state index contributed by atoms with van der Waals surface area (Å²) in [5, 5.41) is 24.7. The first kappa shape index (κ1) is 18.8. The van der Waals surface area contributed by atoms with Gasteiger partial charge in [0.05, 0.1) is 0 Å². The van der Waals surface area contributed by atoms with Gasteiger partial charge in [0.25, 0.3) is 0 Å². The molecule has 0 fully saturated rings. The molecule has 0 saturated carbocycles. The van der Waals surface area contributed by atoms with Gasteiger partial charge < -0.3 is 10.2 Å². The van der Waals surface area contributed by atoms with E-state index in [9.17, 15) is 10.2 Å². The molecule has 4 aromatic carbocycles. The molecular formula is C28H24O2. The number of fused-ring (bicyclic) bond motifs is 3. The number of hydrogen-bond donors (Lipinski definition) is 2. The Bertz CT molecular complexity index is 1070.